The van der Waals surface area contributed by atoms with Gasteiger partial charge in [0.2, 0.25) is 0 Å². The standard InChI is InChI=1S/C13H18O2.C5H11N/c1-3-10(4-2)9-11-5-7-12(8-6-11)13(14)15;1-2-4-6-5-3-1/h5-8,10H,3-4,9H2,1-2H3,(H,14,15);6H,1-5H2. The van der Waals surface area contributed by atoms with Crippen molar-refractivity contribution in [1.29, 1.82) is 0 Å². The molecule has 3 nitrogen and oxygen atoms in total. The van der Waals surface area contributed by atoms with Crippen LogP contribution in [0, 0.1) is 5.92 Å². The van der Waals surface area contributed by atoms with Crippen LogP contribution >= 0.6 is 0 Å². The number of hydrogen-bond donors (Lipinski definition) is 2. The van der Waals surface area contributed by atoms with E-state index in [1.807, 2.05) is 12.1 Å². The second kappa shape index (κ2) is 10.4. The van der Waals surface area contributed by atoms with Gasteiger partial charge < -0.3 is 10.4 Å². The van der Waals surface area contributed by atoms with Gasteiger partial charge in [-0.1, -0.05) is 45.2 Å². The van der Waals surface area contributed by atoms with E-state index in [9.17, 15) is 4.79 Å². The smallest absolute Gasteiger partial charge is 0.335 e. The van der Waals surface area contributed by atoms with Gasteiger partial charge in [-0.15, -0.1) is 0 Å². The van der Waals surface area contributed by atoms with Crippen LogP contribution < -0.4 is 5.32 Å². The zero-order chi connectivity index (χ0) is 15.5. The lowest BCUT2D eigenvalue weighted by Crippen LogP contribution is -2.21. The Balaban J connectivity index is 0.000000304. The van der Waals surface area contributed by atoms with Gasteiger partial charge in [-0.2, -0.15) is 0 Å². The first-order valence-corrected chi connectivity index (χ1v) is 8.20. The quantitative estimate of drug-likeness (QED) is 0.858. The van der Waals surface area contributed by atoms with E-state index in [0.717, 1.165) is 6.42 Å². The van der Waals surface area contributed by atoms with Crippen LogP contribution in [0.25, 0.3) is 0 Å². The maximum absolute atomic E-state index is 10.6. The third-order valence-electron chi connectivity index (χ3n) is 4.09. The van der Waals surface area contributed by atoms with Gasteiger partial charge in [0, 0.05) is 0 Å². The Kier molecular flexibility index (Phi) is 8.76. The van der Waals surface area contributed by atoms with Gasteiger partial charge in [0.25, 0.3) is 0 Å². The fourth-order valence-electron chi connectivity index (χ4n) is 2.50. The molecular formula is C18H29NO2. The fraction of sp³-hybridized carbons (Fsp3) is 0.611. The number of aromatic carboxylic acids is 1. The second-order valence-electron chi connectivity index (χ2n) is 5.70. The predicted octanol–water partition coefficient (Wildman–Crippen LogP) is 4.12. The molecule has 0 aromatic heterocycles. The lowest BCUT2D eigenvalue weighted by molar-refractivity contribution is 0.0697. The van der Waals surface area contributed by atoms with E-state index in [-0.39, 0.29) is 0 Å². The summed E-state index contributed by atoms with van der Waals surface area (Å²) in [7, 11) is 0. The summed E-state index contributed by atoms with van der Waals surface area (Å²) >= 11 is 0. The molecule has 1 aromatic rings. The van der Waals surface area contributed by atoms with Gasteiger partial charge in [0.1, 0.15) is 0 Å². The van der Waals surface area contributed by atoms with Crippen molar-refractivity contribution in [2.24, 2.45) is 5.92 Å². The highest BCUT2D eigenvalue weighted by Gasteiger charge is 2.06. The number of carbonyl (C=O) groups is 1. The van der Waals surface area contributed by atoms with Crippen LogP contribution in [-0.2, 0) is 6.42 Å². The van der Waals surface area contributed by atoms with Crippen molar-refractivity contribution in [2.75, 3.05) is 13.1 Å². The topological polar surface area (TPSA) is 49.3 Å². The highest BCUT2D eigenvalue weighted by molar-refractivity contribution is 5.87. The van der Waals surface area contributed by atoms with Crippen molar-refractivity contribution in [1.82, 2.24) is 5.32 Å². The monoisotopic (exact) mass is 291 g/mol. The summed E-state index contributed by atoms with van der Waals surface area (Å²) in [5.41, 5.74) is 1.59. The Morgan fingerprint density at radius 1 is 1.10 bits per heavy atom. The first-order chi connectivity index (χ1) is 10.2. The number of piperidine rings is 1. The lowest BCUT2D eigenvalue weighted by Gasteiger charge is -2.11. The summed E-state index contributed by atoms with van der Waals surface area (Å²) in [4.78, 5) is 10.6. The van der Waals surface area contributed by atoms with Gasteiger partial charge >= 0.3 is 5.97 Å². The van der Waals surface area contributed by atoms with Gasteiger partial charge in [0.05, 0.1) is 5.56 Å². The number of hydrogen-bond acceptors (Lipinski definition) is 2. The molecule has 2 N–H and O–H groups in total. The molecule has 118 valence electrons. The van der Waals surface area contributed by atoms with Crippen molar-refractivity contribution in [2.45, 2.75) is 52.4 Å². The highest BCUT2D eigenvalue weighted by atomic mass is 16.4. The Morgan fingerprint density at radius 3 is 2.00 bits per heavy atom. The molecule has 3 heteroatoms. The molecule has 1 aromatic carbocycles. The average molecular weight is 291 g/mol. The molecule has 0 radical (unpaired) electrons. The summed E-state index contributed by atoms with van der Waals surface area (Å²) < 4.78 is 0. The highest BCUT2D eigenvalue weighted by Crippen LogP contribution is 2.15. The number of nitrogens with one attached hydrogen (secondary N) is 1. The molecule has 1 aliphatic heterocycles. The van der Waals surface area contributed by atoms with Crippen LogP contribution in [0.2, 0.25) is 0 Å². The molecule has 0 spiro atoms. The number of carboxylic acids is 1. The molecule has 0 bridgehead atoms. The van der Waals surface area contributed by atoms with E-state index in [1.165, 1.54) is 50.8 Å². The minimum absolute atomic E-state index is 0.364. The molecule has 0 aliphatic carbocycles. The zero-order valence-electron chi connectivity index (χ0n) is 13.4. The van der Waals surface area contributed by atoms with Crippen LogP contribution in [0.15, 0.2) is 24.3 Å². The van der Waals surface area contributed by atoms with E-state index in [0.29, 0.717) is 11.5 Å². The number of carboxylic acid groups (broad SMARTS) is 1. The molecule has 1 saturated heterocycles. The van der Waals surface area contributed by atoms with Gasteiger partial charge in [-0.3, -0.25) is 0 Å². The molecule has 1 aliphatic rings. The number of benzene rings is 1. The van der Waals surface area contributed by atoms with E-state index in [2.05, 4.69) is 19.2 Å². The molecular weight excluding hydrogens is 262 g/mol. The Labute approximate surface area is 128 Å². The van der Waals surface area contributed by atoms with Gasteiger partial charge in [-0.05, 0) is 56.0 Å². The maximum Gasteiger partial charge on any atom is 0.335 e. The van der Waals surface area contributed by atoms with E-state index in [4.69, 9.17) is 5.11 Å². The van der Waals surface area contributed by atoms with Gasteiger partial charge in [0.15, 0.2) is 0 Å². The molecule has 0 saturated carbocycles. The minimum Gasteiger partial charge on any atom is -0.478 e. The third kappa shape index (κ3) is 7.28. The van der Waals surface area contributed by atoms with Crippen molar-refractivity contribution < 1.29 is 9.90 Å². The molecule has 21 heavy (non-hydrogen) atoms. The molecule has 1 heterocycles. The summed E-state index contributed by atoms with van der Waals surface area (Å²) in [6, 6.07) is 7.20. The average Bonchev–Trinajstić information content (AvgIpc) is 2.55. The van der Waals surface area contributed by atoms with Crippen molar-refractivity contribution in [3.05, 3.63) is 35.4 Å². The van der Waals surface area contributed by atoms with Crippen LogP contribution in [0.1, 0.15) is 61.9 Å². The first kappa shape index (κ1) is 17.7. The summed E-state index contributed by atoms with van der Waals surface area (Å²) in [6.07, 6.45) is 7.62. The molecule has 0 unspecified atom stereocenters. The predicted molar refractivity (Wildman–Crippen MR) is 87.9 cm³/mol. The second-order valence-corrected chi connectivity index (χ2v) is 5.70. The Morgan fingerprint density at radius 2 is 1.67 bits per heavy atom. The molecule has 0 atom stereocenters. The van der Waals surface area contributed by atoms with Gasteiger partial charge in [-0.25, -0.2) is 4.79 Å². The first-order valence-electron chi connectivity index (χ1n) is 8.20. The van der Waals surface area contributed by atoms with Crippen molar-refractivity contribution in [3.8, 4) is 0 Å². The van der Waals surface area contributed by atoms with Crippen LogP contribution in [0.4, 0.5) is 0 Å². The largest absolute Gasteiger partial charge is 0.478 e. The van der Waals surface area contributed by atoms with Crippen LogP contribution in [-0.4, -0.2) is 24.2 Å². The van der Waals surface area contributed by atoms with Crippen LogP contribution in [0.5, 0.6) is 0 Å². The Hall–Kier alpha value is -1.35. The summed E-state index contributed by atoms with van der Waals surface area (Å²) in [6.45, 7) is 6.89. The van der Waals surface area contributed by atoms with Crippen LogP contribution in [0.3, 0.4) is 0 Å². The van der Waals surface area contributed by atoms with E-state index >= 15 is 0 Å². The summed E-state index contributed by atoms with van der Waals surface area (Å²) in [5, 5.41) is 12.0. The lowest BCUT2D eigenvalue weighted by atomic mass is 9.94. The SMILES string of the molecule is C1CCNCC1.CCC(CC)Cc1ccc(C(=O)O)cc1. The maximum atomic E-state index is 10.6. The van der Waals surface area contributed by atoms with Crippen molar-refractivity contribution >= 4 is 5.97 Å². The van der Waals surface area contributed by atoms with E-state index in [1.54, 1.807) is 12.1 Å². The fourth-order valence-corrected chi connectivity index (χ4v) is 2.50. The Bertz CT molecular complexity index is 381. The minimum atomic E-state index is -0.857. The number of rotatable bonds is 5. The van der Waals surface area contributed by atoms with E-state index < -0.39 is 5.97 Å². The summed E-state index contributed by atoms with van der Waals surface area (Å²) in [5.74, 6) is -0.148. The molecule has 1 fully saturated rings. The molecule has 0 amide bonds. The van der Waals surface area contributed by atoms with Crippen molar-refractivity contribution in [3.63, 3.8) is 0 Å². The molecule has 2 rings (SSSR count). The third-order valence-corrected chi connectivity index (χ3v) is 4.09. The normalized spacial score (nSPS) is 14.4. The zero-order valence-corrected chi connectivity index (χ0v) is 13.4.